The van der Waals surface area contributed by atoms with E-state index in [-0.39, 0.29) is 16.8 Å². The molecule has 1 aromatic heterocycles. The van der Waals surface area contributed by atoms with Gasteiger partial charge in [-0.15, -0.1) is 0 Å². The SMILES string of the molecule is CCCCC(=O)NC(=S)Nc1ccc(-c2nc3cc(CC)ccc3o2)c(O)c1. The fourth-order valence-corrected chi connectivity index (χ4v) is 3.02. The van der Waals surface area contributed by atoms with Crippen molar-refractivity contribution in [1.82, 2.24) is 10.3 Å². The topological polar surface area (TPSA) is 87.4 Å². The van der Waals surface area contributed by atoms with E-state index in [1.165, 1.54) is 11.6 Å². The summed E-state index contributed by atoms with van der Waals surface area (Å²) in [4.78, 5) is 16.2. The maximum Gasteiger partial charge on any atom is 0.231 e. The predicted molar refractivity (Wildman–Crippen MR) is 114 cm³/mol. The molecule has 0 aliphatic rings. The van der Waals surface area contributed by atoms with Gasteiger partial charge in [0.2, 0.25) is 11.8 Å². The molecule has 3 N–H and O–H groups in total. The minimum Gasteiger partial charge on any atom is -0.507 e. The molecule has 2 aromatic carbocycles. The Labute approximate surface area is 169 Å². The summed E-state index contributed by atoms with van der Waals surface area (Å²) in [5, 5.41) is 16.1. The molecule has 7 heteroatoms. The van der Waals surface area contributed by atoms with Crippen LogP contribution in [0.4, 0.5) is 5.69 Å². The van der Waals surface area contributed by atoms with E-state index in [0.29, 0.717) is 29.1 Å². The van der Waals surface area contributed by atoms with Crippen molar-refractivity contribution in [2.75, 3.05) is 5.32 Å². The highest BCUT2D eigenvalue weighted by Crippen LogP contribution is 2.33. The molecule has 0 aliphatic heterocycles. The van der Waals surface area contributed by atoms with Gasteiger partial charge in [0.25, 0.3) is 0 Å². The number of phenols is 1. The van der Waals surface area contributed by atoms with Crippen LogP contribution >= 0.6 is 12.2 Å². The number of phenolic OH excluding ortho intramolecular Hbond substituents is 1. The molecule has 0 saturated heterocycles. The number of hydrogen-bond donors (Lipinski definition) is 3. The summed E-state index contributed by atoms with van der Waals surface area (Å²) in [6.45, 7) is 4.10. The third-order valence-electron chi connectivity index (χ3n) is 4.36. The van der Waals surface area contributed by atoms with Crippen LogP contribution in [-0.2, 0) is 11.2 Å². The Hall–Kier alpha value is -2.93. The van der Waals surface area contributed by atoms with Crippen LogP contribution in [0.2, 0.25) is 0 Å². The predicted octanol–water partition coefficient (Wildman–Crippen LogP) is 4.77. The number of aryl methyl sites for hydroxylation is 1. The van der Waals surface area contributed by atoms with Gasteiger partial charge in [-0.3, -0.25) is 4.79 Å². The van der Waals surface area contributed by atoms with E-state index < -0.39 is 0 Å². The van der Waals surface area contributed by atoms with E-state index in [1.54, 1.807) is 12.1 Å². The Morgan fingerprint density at radius 3 is 2.75 bits per heavy atom. The van der Waals surface area contributed by atoms with Gasteiger partial charge >= 0.3 is 0 Å². The molecular weight excluding hydrogens is 374 g/mol. The van der Waals surface area contributed by atoms with E-state index in [2.05, 4.69) is 22.5 Å². The molecule has 0 fully saturated rings. The maximum absolute atomic E-state index is 11.7. The van der Waals surface area contributed by atoms with Gasteiger partial charge in [0.15, 0.2) is 10.7 Å². The maximum atomic E-state index is 11.7. The first-order valence-corrected chi connectivity index (χ1v) is 9.74. The molecule has 0 radical (unpaired) electrons. The molecule has 146 valence electrons. The Morgan fingerprint density at radius 2 is 2.04 bits per heavy atom. The zero-order chi connectivity index (χ0) is 20.1. The number of thiocarbonyl (C=S) groups is 1. The normalized spacial score (nSPS) is 10.8. The summed E-state index contributed by atoms with van der Waals surface area (Å²) in [6.07, 6.45) is 3.10. The number of carbonyl (C=O) groups is 1. The fraction of sp³-hybridized carbons (Fsp3) is 0.286. The lowest BCUT2D eigenvalue weighted by Crippen LogP contribution is -2.33. The molecule has 1 amide bonds. The van der Waals surface area contributed by atoms with E-state index in [0.717, 1.165) is 24.8 Å². The summed E-state index contributed by atoms with van der Waals surface area (Å²) >= 11 is 5.14. The lowest BCUT2D eigenvalue weighted by molar-refractivity contribution is -0.119. The summed E-state index contributed by atoms with van der Waals surface area (Å²) in [6, 6.07) is 10.8. The summed E-state index contributed by atoms with van der Waals surface area (Å²) in [5.41, 5.74) is 3.64. The number of nitrogens with one attached hydrogen (secondary N) is 2. The summed E-state index contributed by atoms with van der Waals surface area (Å²) < 4.78 is 5.77. The van der Waals surface area contributed by atoms with Crippen molar-refractivity contribution in [3.63, 3.8) is 0 Å². The van der Waals surface area contributed by atoms with Gasteiger partial charge in [-0.1, -0.05) is 26.3 Å². The molecule has 1 heterocycles. The van der Waals surface area contributed by atoms with E-state index >= 15 is 0 Å². The average molecular weight is 398 g/mol. The number of oxazole rings is 1. The van der Waals surface area contributed by atoms with Crippen LogP contribution in [-0.4, -0.2) is 21.1 Å². The molecule has 28 heavy (non-hydrogen) atoms. The van der Waals surface area contributed by atoms with Crippen molar-refractivity contribution in [3.05, 3.63) is 42.0 Å². The van der Waals surface area contributed by atoms with Gasteiger partial charge in [0, 0.05) is 18.2 Å². The van der Waals surface area contributed by atoms with Crippen LogP contribution in [0.5, 0.6) is 5.75 Å². The van der Waals surface area contributed by atoms with Crippen LogP contribution in [0, 0.1) is 0 Å². The molecule has 0 bridgehead atoms. The second-order valence-electron chi connectivity index (χ2n) is 6.51. The number of fused-ring (bicyclic) bond motifs is 1. The summed E-state index contributed by atoms with van der Waals surface area (Å²) in [7, 11) is 0. The smallest absolute Gasteiger partial charge is 0.231 e. The number of aromatic hydroxyl groups is 1. The van der Waals surface area contributed by atoms with Crippen LogP contribution in [0.25, 0.3) is 22.6 Å². The highest BCUT2D eigenvalue weighted by molar-refractivity contribution is 7.80. The summed E-state index contributed by atoms with van der Waals surface area (Å²) in [5.74, 6) is 0.230. The second kappa shape index (κ2) is 8.84. The van der Waals surface area contributed by atoms with Gasteiger partial charge < -0.3 is 20.2 Å². The first-order chi connectivity index (χ1) is 13.5. The number of aromatic nitrogens is 1. The minimum atomic E-state index is -0.127. The lowest BCUT2D eigenvalue weighted by Gasteiger charge is -2.10. The van der Waals surface area contributed by atoms with Crippen LogP contribution in [0.3, 0.4) is 0 Å². The first-order valence-electron chi connectivity index (χ1n) is 9.33. The molecule has 0 saturated carbocycles. The highest BCUT2D eigenvalue weighted by Gasteiger charge is 2.14. The number of rotatable bonds is 6. The number of anilines is 1. The Balaban J connectivity index is 1.73. The average Bonchev–Trinajstić information content (AvgIpc) is 3.09. The zero-order valence-electron chi connectivity index (χ0n) is 15.9. The van der Waals surface area contributed by atoms with Gasteiger partial charge in [-0.25, -0.2) is 4.98 Å². The molecule has 0 aliphatic carbocycles. The van der Waals surface area contributed by atoms with E-state index in [1.807, 2.05) is 25.1 Å². The largest absolute Gasteiger partial charge is 0.507 e. The third kappa shape index (κ3) is 4.67. The third-order valence-corrected chi connectivity index (χ3v) is 4.56. The van der Waals surface area contributed by atoms with E-state index in [9.17, 15) is 9.90 Å². The van der Waals surface area contributed by atoms with Gasteiger partial charge in [0.1, 0.15) is 11.3 Å². The minimum absolute atomic E-state index is 0.00683. The van der Waals surface area contributed by atoms with Crippen molar-refractivity contribution in [2.24, 2.45) is 0 Å². The van der Waals surface area contributed by atoms with E-state index in [4.69, 9.17) is 16.6 Å². The fourth-order valence-electron chi connectivity index (χ4n) is 2.79. The van der Waals surface area contributed by atoms with Crippen molar-refractivity contribution in [2.45, 2.75) is 39.5 Å². The molecule has 3 aromatic rings. The molecule has 6 nitrogen and oxygen atoms in total. The molecule has 0 unspecified atom stereocenters. The number of nitrogens with zero attached hydrogens (tertiary/aromatic N) is 1. The van der Waals surface area contributed by atoms with Gasteiger partial charge in [-0.05, 0) is 54.9 Å². The quantitative estimate of drug-likeness (QED) is 0.520. The van der Waals surface area contributed by atoms with Crippen LogP contribution in [0.15, 0.2) is 40.8 Å². The number of unbranched alkanes of at least 4 members (excludes halogenated alkanes) is 1. The monoisotopic (exact) mass is 397 g/mol. The Kier molecular flexibility index (Phi) is 6.26. The highest BCUT2D eigenvalue weighted by atomic mass is 32.1. The number of hydrogen-bond acceptors (Lipinski definition) is 5. The van der Waals surface area contributed by atoms with Crippen molar-refractivity contribution in [3.8, 4) is 17.2 Å². The standard InChI is InChI=1S/C21H23N3O3S/c1-3-5-6-19(26)24-21(28)22-14-8-9-15(17(25)12-14)20-23-16-11-13(4-2)7-10-18(16)27-20/h7-12,25H,3-6H2,1-2H3,(H2,22,24,26,28). The Bertz CT molecular complexity index is 1010. The molecule has 3 rings (SSSR count). The molecule has 0 atom stereocenters. The number of benzene rings is 2. The van der Waals surface area contributed by atoms with Crippen molar-refractivity contribution in [1.29, 1.82) is 0 Å². The molecular formula is C21H23N3O3S. The molecule has 0 spiro atoms. The van der Waals surface area contributed by atoms with Gasteiger partial charge in [-0.2, -0.15) is 0 Å². The van der Waals surface area contributed by atoms with Crippen LogP contribution in [0.1, 0.15) is 38.7 Å². The lowest BCUT2D eigenvalue weighted by atomic mass is 10.1. The zero-order valence-corrected chi connectivity index (χ0v) is 16.7. The van der Waals surface area contributed by atoms with Gasteiger partial charge in [0.05, 0.1) is 5.56 Å². The Morgan fingerprint density at radius 1 is 1.21 bits per heavy atom. The van der Waals surface area contributed by atoms with Crippen molar-refractivity contribution < 1.29 is 14.3 Å². The van der Waals surface area contributed by atoms with Crippen LogP contribution < -0.4 is 10.6 Å². The van der Waals surface area contributed by atoms with Crippen molar-refractivity contribution >= 4 is 40.0 Å². The second-order valence-corrected chi connectivity index (χ2v) is 6.92. The first kappa shape index (κ1) is 19.8. The number of amides is 1. The number of carbonyl (C=O) groups excluding carboxylic acids is 1.